The van der Waals surface area contributed by atoms with Crippen LogP contribution in [0.15, 0.2) is 34.9 Å². The van der Waals surface area contributed by atoms with E-state index in [1.165, 1.54) is 5.56 Å². The molecule has 1 aromatic heterocycles. The number of benzene rings is 1. The number of nitrogens with two attached hydrogens (primary N) is 1. The Kier molecular flexibility index (Phi) is 3.22. The van der Waals surface area contributed by atoms with Gasteiger partial charge in [0.1, 0.15) is 12.0 Å². The molecule has 16 heavy (non-hydrogen) atoms. The summed E-state index contributed by atoms with van der Waals surface area (Å²) in [4.78, 5) is 4.06. The molecule has 1 aromatic carbocycles. The van der Waals surface area contributed by atoms with Gasteiger partial charge in [0, 0.05) is 12.7 Å². The Hall–Kier alpha value is -1.81. The van der Waals surface area contributed by atoms with Crippen LogP contribution in [0.1, 0.15) is 5.56 Å². The number of anilines is 1. The number of oxazole rings is 1. The summed E-state index contributed by atoms with van der Waals surface area (Å²) in [5, 5.41) is 0. The van der Waals surface area contributed by atoms with E-state index in [2.05, 4.69) is 17.1 Å². The van der Waals surface area contributed by atoms with Gasteiger partial charge >= 0.3 is 0 Å². The molecular formula is C12H14N2O2. The zero-order valence-electron chi connectivity index (χ0n) is 9.14. The molecular weight excluding hydrogens is 204 g/mol. The lowest BCUT2D eigenvalue weighted by Crippen LogP contribution is -1.93. The zero-order valence-corrected chi connectivity index (χ0v) is 9.14. The second kappa shape index (κ2) is 4.81. The maximum atomic E-state index is 5.42. The molecule has 2 N–H and O–H groups in total. The Labute approximate surface area is 94.1 Å². The van der Waals surface area contributed by atoms with E-state index in [4.69, 9.17) is 14.9 Å². The average Bonchev–Trinajstić information content (AvgIpc) is 2.74. The van der Waals surface area contributed by atoms with E-state index in [9.17, 15) is 0 Å². The van der Waals surface area contributed by atoms with Crippen molar-refractivity contribution in [1.29, 1.82) is 0 Å². The van der Waals surface area contributed by atoms with Crippen molar-refractivity contribution in [2.24, 2.45) is 0 Å². The van der Waals surface area contributed by atoms with Gasteiger partial charge in [-0.1, -0.05) is 24.3 Å². The lowest BCUT2D eigenvalue weighted by Gasteiger charge is -2.01. The van der Waals surface area contributed by atoms with Crippen molar-refractivity contribution in [2.75, 3.05) is 19.5 Å². The normalized spacial score (nSPS) is 10.6. The van der Waals surface area contributed by atoms with Crippen LogP contribution in [-0.4, -0.2) is 18.7 Å². The summed E-state index contributed by atoms with van der Waals surface area (Å²) in [5.74, 6) is 0. The van der Waals surface area contributed by atoms with Crippen molar-refractivity contribution in [3.8, 4) is 11.3 Å². The predicted molar refractivity (Wildman–Crippen MR) is 61.9 cm³/mol. The van der Waals surface area contributed by atoms with Gasteiger partial charge in [0.2, 0.25) is 0 Å². The number of hydrogen-bond donors (Lipinski definition) is 1. The van der Waals surface area contributed by atoms with Gasteiger partial charge in [-0.25, -0.2) is 0 Å². The first-order chi connectivity index (χ1) is 7.79. The molecule has 0 unspecified atom stereocenters. The molecule has 4 nitrogen and oxygen atoms in total. The van der Waals surface area contributed by atoms with Crippen molar-refractivity contribution >= 4 is 6.01 Å². The summed E-state index contributed by atoms with van der Waals surface area (Å²) < 4.78 is 9.98. The van der Waals surface area contributed by atoms with E-state index < -0.39 is 0 Å². The monoisotopic (exact) mass is 218 g/mol. The van der Waals surface area contributed by atoms with Crippen molar-refractivity contribution in [1.82, 2.24) is 4.98 Å². The second-order valence-corrected chi connectivity index (χ2v) is 3.51. The first-order valence-corrected chi connectivity index (χ1v) is 5.09. The van der Waals surface area contributed by atoms with Crippen molar-refractivity contribution in [3.63, 3.8) is 0 Å². The fourth-order valence-corrected chi connectivity index (χ4v) is 1.48. The van der Waals surface area contributed by atoms with Gasteiger partial charge in [0.15, 0.2) is 0 Å². The van der Waals surface area contributed by atoms with E-state index >= 15 is 0 Å². The molecule has 84 valence electrons. The molecule has 0 aliphatic carbocycles. The van der Waals surface area contributed by atoms with Crippen LogP contribution in [0, 0.1) is 0 Å². The van der Waals surface area contributed by atoms with Gasteiger partial charge < -0.3 is 14.9 Å². The highest BCUT2D eigenvalue weighted by molar-refractivity contribution is 5.59. The molecule has 0 atom stereocenters. The summed E-state index contributed by atoms with van der Waals surface area (Å²) in [5.41, 5.74) is 8.42. The van der Waals surface area contributed by atoms with Gasteiger partial charge in [-0.2, -0.15) is 4.98 Å². The Morgan fingerprint density at radius 1 is 1.31 bits per heavy atom. The highest BCUT2D eigenvalue weighted by atomic mass is 16.5. The third kappa shape index (κ3) is 2.41. The van der Waals surface area contributed by atoms with Crippen molar-refractivity contribution in [2.45, 2.75) is 6.42 Å². The van der Waals surface area contributed by atoms with Gasteiger partial charge in [-0.15, -0.1) is 0 Å². The number of methoxy groups -OCH3 is 1. The minimum atomic E-state index is 0.193. The molecule has 0 aliphatic rings. The van der Waals surface area contributed by atoms with Gasteiger partial charge in [0.25, 0.3) is 6.01 Å². The lowest BCUT2D eigenvalue weighted by atomic mass is 10.1. The van der Waals surface area contributed by atoms with Crippen LogP contribution in [0.3, 0.4) is 0 Å². The van der Waals surface area contributed by atoms with E-state index in [1.807, 2.05) is 12.1 Å². The predicted octanol–water partition coefficient (Wildman–Crippen LogP) is 2.11. The van der Waals surface area contributed by atoms with Crippen LogP contribution in [0.25, 0.3) is 11.3 Å². The highest BCUT2D eigenvalue weighted by Crippen LogP contribution is 2.19. The quantitative estimate of drug-likeness (QED) is 0.853. The second-order valence-electron chi connectivity index (χ2n) is 3.51. The Morgan fingerprint density at radius 2 is 2.06 bits per heavy atom. The van der Waals surface area contributed by atoms with Gasteiger partial charge in [-0.3, -0.25) is 0 Å². The molecule has 0 radical (unpaired) electrons. The number of ether oxygens (including phenoxy) is 1. The van der Waals surface area contributed by atoms with E-state index in [-0.39, 0.29) is 6.01 Å². The van der Waals surface area contributed by atoms with Crippen LogP contribution in [-0.2, 0) is 11.2 Å². The Bertz CT molecular complexity index is 448. The zero-order chi connectivity index (χ0) is 11.4. The Balaban J connectivity index is 2.13. The number of aromatic nitrogens is 1. The summed E-state index contributed by atoms with van der Waals surface area (Å²) in [6.45, 7) is 0.732. The lowest BCUT2D eigenvalue weighted by molar-refractivity contribution is 0.202. The maximum Gasteiger partial charge on any atom is 0.292 e. The van der Waals surface area contributed by atoms with Crippen molar-refractivity contribution < 1.29 is 9.15 Å². The molecule has 0 aliphatic heterocycles. The average molecular weight is 218 g/mol. The molecule has 2 rings (SSSR count). The number of hydrogen-bond acceptors (Lipinski definition) is 4. The topological polar surface area (TPSA) is 61.3 Å². The van der Waals surface area contributed by atoms with Crippen LogP contribution >= 0.6 is 0 Å². The first-order valence-electron chi connectivity index (χ1n) is 5.09. The summed E-state index contributed by atoms with van der Waals surface area (Å²) in [7, 11) is 1.70. The number of nitrogen functional groups attached to an aromatic ring is 1. The van der Waals surface area contributed by atoms with Crippen LogP contribution in [0.4, 0.5) is 6.01 Å². The maximum absolute atomic E-state index is 5.42. The standard InChI is InChI=1S/C12H14N2O2/c1-15-7-6-9-2-4-10(5-3-9)11-8-16-12(13)14-11/h2-5,8H,6-7H2,1H3,(H2,13,14). The third-order valence-corrected chi connectivity index (χ3v) is 2.37. The van der Waals surface area contributed by atoms with Crippen LogP contribution < -0.4 is 5.73 Å². The molecule has 0 saturated heterocycles. The fraction of sp³-hybridized carbons (Fsp3) is 0.250. The summed E-state index contributed by atoms with van der Waals surface area (Å²) in [6.07, 6.45) is 2.47. The SMILES string of the molecule is COCCc1ccc(-c2coc(N)n2)cc1. The third-order valence-electron chi connectivity index (χ3n) is 2.37. The molecule has 4 heteroatoms. The largest absolute Gasteiger partial charge is 0.432 e. The molecule has 0 fully saturated rings. The molecule has 0 bridgehead atoms. The van der Waals surface area contributed by atoms with E-state index in [0.29, 0.717) is 0 Å². The minimum Gasteiger partial charge on any atom is -0.432 e. The molecule has 0 amide bonds. The molecule has 0 saturated carbocycles. The summed E-state index contributed by atoms with van der Waals surface area (Å²) >= 11 is 0. The number of nitrogens with zero attached hydrogens (tertiary/aromatic N) is 1. The smallest absolute Gasteiger partial charge is 0.292 e. The van der Waals surface area contributed by atoms with E-state index in [1.54, 1.807) is 13.4 Å². The van der Waals surface area contributed by atoms with Gasteiger partial charge in [-0.05, 0) is 12.0 Å². The first kappa shape index (κ1) is 10.7. The number of rotatable bonds is 4. The van der Waals surface area contributed by atoms with Crippen molar-refractivity contribution in [3.05, 3.63) is 36.1 Å². The molecule has 0 spiro atoms. The minimum absolute atomic E-state index is 0.193. The molecule has 2 aromatic rings. The van der Waals surface area contributed by atoms with Gasteiger partial charge in [0.05, 0.1) is 6.61 Å². The highest BCUT2D eigenvalue weighted by Gasteiger charge is 2.03. The van der Waals surface area contributed by atoms with E-state index in [0.717, 1.165) is 24.3 Å². The Morgan fingerprint density at radius 3 is 2.62 bits per heavy atom. The summed E-state index contributed by atoms with van der Waals surface area (Å²) in [6, 6.07) is 8.31. The fourth-order valence-electron chi connectivity index (χ4n) is 1.48. The van der Waals surface area contributed by atoms with Crippen LogP contribution in [0.5, 0.6) is 0 Å². The van der Waals surface area contributed by atoms with Crippen LogP contribution in [0.2, 0.25) is 0 Å². The molecule has 1 heterocycles.